The Morgan fingerprint density at radius 1 is 0.966 bits per heavy atom. The number of furan rings is 1. The van der Waals surface area contributed by atoms with E-state index in [9.17, 15) is 4.79 Å². The Bertz CT molecular complexity index is 1090. The van der Waals surface area contributed by atoms with Crippen molar-refractivity contribution in [2.24, 2.45) is 0 Å². The van der Waals surface area contributed by atoms with Crippen LogP contribution in [0.5, 0.6) is 0 Å². The number of likely N-dealkylation sites (tertiary alicyclic amines) is 1. The molecule has 1 saturated heterocycles. The van der Waals surface area contributed by atoms with Gasteiger partial charge in [-0.25, -0.2) is 4.98 Å². The van der Waals surface area contributed by atoms with Gasteiger partial charge in [0.2, 0.25) is 17.5 Å². The Balaban J connectivity index is 1.23. The fraction of sp³-hybridized carbons (Fsp3) is 0.238. The van der Waals surface area contributed by atoms with E-state index in [1.54, 1.807) is 23.5 Å². The molecule has 0 unspecified atom stereocenters. The van der Waals surface area contributed by atoms with E-state index in [1.165, 1.54) is 6.20 Å². The minimum Gasteiger partial charge on any atom is -0.472 e. The standard InChI is InChI=1S/C21H18N4O4/c26-21(17-12-22-18(28-17)14-4-2-1-3-5-14)25-9-6-15(7-10-25)19-23-24-20(29-19)16-8-11-27-13-16/h1-5,8,11-13,15H,6-7,9-10H2. The van der Waals surface area contributed by atoms with Crippen LogP contribution in [0.25, 0.3) is 22.9 Å². The highest BCUT2D eigenvalue weighted by Gasteiger charge is 2.29. The van der Waals surface area contributed by atoms with E-state index in [1.807, 2.05) is 30.3 Å². The third-order valence-electron chi connectivity index (χ3n) is 5.08. The molecule has 0 radical (unpaired) electrons. The van der Waals surface area contributed by atoms with E-state index in [-0.39, 0.29) is 17.6 Å². The third-order valence-corrected chi connectivity index (χ3v) is 5.08. The molecule has 1 fully saturated rings. The SMILES string of the molecule is O=C(c1cnc(-c2ccccc2)o1)N1CCC(c2nnc(-c3ccoc3)o2)CC1. The van der Waals surface area contributed by atoms with Crippen molar-refractivity contribution >= 4 is 5.91 Å². The van der Waals surface area contributed by atoms with E-state index in [0.717, 1.165) is 24.0 Å². The normalized spacial score (nSPS) is 15.0. The monoisotopic (exact) mass is 390 g/mol. The van der Waals surface area contributed by atoms with Gasteiger partial charge in [-0.05, 0) is 31.0 Å². The number of carbonyl (C=O) groups is 1. The second kappa shape index (κ2) is 7.38. The maximum Gasteiger partial charge on any atom is 0.291 e. The Morgan fingerprint density at radius 2 is 1.79 bits per heavy atom. The second-order valence-corrected chi connectivity index (χ2v) is 6.92. The summed E-state index contributed by atoms with van der Waals surface area (Å²) < 4.78 is 16.5. The van der Waals surface area contributed by atoms with Gasteiger partial charge in [0.15, 0.2) is 0 Å². The highest BCUT2D eigenvalue weighted by Crippen LogP contribution is 2.30. The molecule has 0 N–H and O–H groups in total. The van der Waals surface area contributed by atoms with E-state index in [2.05, 4.69) is 15.2 Å². The van der Waals surface area contributed by atoms with Crippen LogP contribution in [0.15, 0.2) is 68.4 Å². The zero-order valence-corrected chi connectivity index (χ0v) is 15.5. The summed E-state index contributed by atoms with van der Waals surface area (Å²) in [6, 6.07) is 11.3. The molecule has 1 aliphatic heterocycles. The van der Waals surface area contributed by atoms with Crippen LogP contribution in [0.3, 0.4) is 0 Å². The molecular formula is C21H18N4O4. The van der Waals surface area contributed by atoms with Crippen molar-refractivity contribution in [1.82, 2.24) is 20.1 Å². The zero-order valence-electron chi connectivity index (χ0n) is 15.5. The fourth-order valence-corrected chi connectivity index (χ4v) is 3.47. The van der Waals surface area contributed by atoms with Crippen molar-refractivity contribution in [2.75, 3.05) is 13.1 Å². The molecule has 4 aromatic rings. The lowest BCUT2D eigenvalue weighted by Gasteiger charge is -2.29. The molecule has 1 amide bonds. The van der Waals surface area contributed by atoms with Crippen LogP contribution in [-0.2, 0) is 0 Å². The molecular weight excluding hydrogens is 372 g/mol. The largest absolute Gasteiger partial charge is 0.472 e. The first-order valence-electron chi connectivity index (χ1n) is 9.44. The average molecular weight is 390 g/mol. The number of benzene rings is 1. The summed E-state index contributed by atoms with van der Waals surface area (Å²) in [7, 11) is 0. The zero-order chi connectivity index (χ0) is 19.6. The van der Waals surface area contributed by atoms with Gasteiger partial charge in [0.1, 0.15) is 6.26 Å². The lowest BCUT2D eigenvalue weighted by atomic mass is 9.96. The molecule has 0 saturated carbocycles. The molecule has 5 rings (SSSR count). The van der Waals surface area contributed by atoms with Crippen molar-refractivity contribution in [3.63, 3.8) is 0 Å². The maximum atomic E-state index is 12.8. The molecule has 8 heteroatoms. The Morgan fingerprint density at radius 3 is 2.55 bits per heavy atom. The minimum atomic E-state index is -0.150. The van der Waals surface area contributed by atoms with Crippen molar-refractivity contribution in [2.45, 2.75) is 18.8 Å². The van der Waals surface area contributed by atoms with Crippen molar-refractivity contribution in [3.05, 3.63) is 66.8 Å². The second-order valence-electron chi connectivity index (χ2n) is 6.92. The summed E-state index contributed by atoms with van der Waals surface area (Å²) in [5, 5.41) is 8.26. The molecule has 146 valence electrons. The van der Waals surface area contributed by atoms with E-state index >= 15 is 0 Å². The van der Waals surface area contributed by atoms with Crippen molar-refractivity contribution in [3.8, 4) is 22.9 Å². The number of carbonyl (C=O) groups excluding carboxylic acids is 1. The van der Waals surface area contributed by atoms with E-state index in [0.29, 0.717) is 30.8 Å². The van der Waals surface area contributed by atoms with Gasteiger partial charge in [-0.2, -0.15) is 0 Å². The number of oxazole rings is 1. The van der Waals surface area contributed by atoms with Gasteiger partial charge in [0.25, 0.3) is 11.8 Å². The molecule has 0 atom stereocenters. The quantitative estimate of drug-likeness (QED) is 0.519. The van der Waals surface area contributed by atoms with Crippen molar-refractivity contribution < 1.29 is 18.0 Å². The van der Waals surface area contributed by atoms with Gasteiger partial charge in [-0.3, -0.25) is 4.79 Å². The first kappa shape index (κ1) is 17.4. The lowest BCUT2D eigenvalue weighted by Crippen LogP contribution is -2.37. The van der Waals surface area contributed by atoms with Gasteiger partial charge in [-0.15, -0.1) is 10.2 Å². The Hall–Kier alpha value is -3.68. The van der Waals surface area contributed by atoms with Crippen LogP contribution in [-0.4, -0.2) is 39.1 Å². The number of hydrogen-bond acceptors (Lipinski definition) is 7. The first-order valence-corrected chi connectivity index (χ1v) is 9.44. The number of rotatable bonds is 4. The average Bonchev–Trinajstić information content (AvgIpc) is 3.55. The Kier molecular flexibility index (Phi) is 4.44. The van der Waals surface area contributed by atoms with Gasteiger partial charge in [-0.1, -0.05) is 18.2 Å². The summed E-state index contributed by atoms with van der Waals surface area (Å²) in [5.41, 5.74) is 1.60. The molecule has 4 heterocycles. The Labute approximate surface area is 166 Å². The fourth-order valence-electron chi connectivity index (χ4n) is 3.47. The van der Waals surface area contributed by atoms with E-state index < -0.39 is 0 Å². The van der Waals surface area contributed by atoms with Gasteiger partial charge in [0.05, 0.1) is 18.0 Å². The summed E-state index contributed by atoms with van der Waals surface area (Å²) in [6.45, 7) is 1.18. The highest BCUT2D eigenvalue weighted by molar-refractivity contribution is 5.91. The summed E-state index contributed by atoms with van der Waals surface area (Å²) in [5.74, 6) is 1.72. The van der Waals surface area contributed by atoms with Gasteiger partial charge < -0.3 is 18.2 Å². The molecule has 1 aromatic carbocycles. The highest BCUT2D eigenvalue weighted by atomic mass is 16.4. The van der Waals surface area contributed by atoms with Crippen LogP contribution >= 0.6 is 0 Å². The molecule has 8 nitrogen and oxygen atoms in total. The van der Waals surface area contributed by atoms with Crippen LogP contribution in [0.4, 0.5) is 0 Å². The van der Waals surface area contributed by atoms with Crippen LogP contribution in [0, 0.1) is 0 Å². The topological polar surface area (TPSA) is 98.4 Å². The number of piperidine rings is 1. The van der Waals surface area contributed by atoms with Gasteiger partial charge in [0, 0.05) is 24.6 Å². The van der Waals surface area contributed by atoms with E-state index in [4.69, 9.17) is 13.3 Å². The number of aromatic nitrogens is 3. The van der Waals surface area contributed by atoms with Crippen LogP contribution < -0.4 is 0 Å². The summed E-state index contributed by atoms with van der Waals surface area (Å²) in [4.78, 5) is 18.8. The minimum absolute atomic E-state index is 0.127. The third kappa shape index (κ3) is 3.44. The molecule has 29 heavy (non-hydrogen) atoms. The van der Waals surface area contributed by atoms with Crippen molar-refractivity contribution in [1.29, 1.82) is 0 Å². The first-order chi connectivity index (χ1) is 14.3. The molecule has 0 aliphatic carbocycles. The van der Waals surface area contributed by atoms with Gasteiger partial charge >= 0.3 is 0 Å². The number of hydrogen-bond donors (Lipinski definition) is 0. The molecule has 1 aliphatic rings. The number of amides is 1. The summed E-state index contributed by atoms with van der Waals surface area (Å²) >= 11 is 0. The predicted molar refractivity (Wildman–Crippen MR) is 102 cm³/mol. The molecule has 0 bridgehead atoms. The van der Waals surface area contributed by atoms with Crippen LogP contribution in [0.1, 0.15) is 35.2 Å². The molecule has 3 aromatic heterocycles. The maximum absolute atomic E-state index is 12.8. The summed E-state index contributed by atoms with van der Waals surface area (Å²) in [6.07, 6.45) is 6.12. The predicted octanol–water partition coefficient (Wildman–Crippen LogP) is 4.00. The lowest BCUT2D eigenvalue weighted by molar-refractivity contribution is 0.0675. The number of nitrogens with zero attached hydrogens (tertiary/aromatic N) is 4. The molecule has 0 spiro atoms. The smallest absolute Gasteiger partial charge is 0.291 e. The van der Waals surface area contributed by atoms with Crippen LogP contribution in [0.2, 0.25) is 0 Å².